The fraction of sp³-hybridized carbons (Fsp3) is 0.474. The minimum Gasteiger partial charge on any atom is -0.403 e. The molecular weight excluding hydrogens is 330 g/mol. The van der Waals surface area contributed by atoms with Crippen molar-refractivity contribution >= 4 is 16.9 Å². The first-order chi connectivity index (χ1) is 12.8. The molecule has 7 nitrogen and oxygen atoms in total. The van der Waals surface area contributed by atoms with Gasteiger partial charge in [0.25, 0.3) is 0 Å². The predicted molar refractivity (Wildman–Crippen MR) is 99.1 cm³/mol. The molecule has 3 aliphatic heterocycles. The third-order valence-corrected chi connectivity index (χ3v) is 5.68. The van der Waals surface area contributed by atoms with E-state index in [1.165, 1.54) is 25.9 Å². The van der Waals surface area contributed by atoms with Gasteiger partial charge < -0.3 is 23.9 Å². The van der Waals surface area contributed by atoms with Crippen molar-refractivity contribution in [3.63, 3.8) is 0 Å². The number of aliphatic hydroxyl groups is 1. The van der Waals surface area contributed by atoms with Gasteiger partial charge in [0.05, 0.1) is 6.61 Å². The molecule has 3 aromatic rings. The quantitative estimate of drug-likeness (QED) is 0.773. The van der Waals surface area contributed by atoms with E-state index in [0.29, 0.717) is 24.5 Å². The van der Waals surface area contributed by atoms with Crippen LogP contribution in [-0.4, -0.2) is 63.6 Å². The normalized spacial score (nSPS) is 22.9. The molecule has 3 fully saturated rings. The molecule has 3 aliphatic rings. The summed E-state index contributed by atoms with van der Waals surface area (Å²) in [7, 11) is 0. The Morgan fingerprint density at radius 2 is 1.96 bits per heavy atom. The van der Waals surface area contributed by atoms with Gasteiger partial charge in [-0.15, -0.1) is 5.10 Å². The van der Waals surface area contributed by atoms with Gasteiger partial charge in [-0.2, -0.15) is 0 Å². The molecule has 0 saturated carbocycles. The maximum Gasteiger partial charge on any atom is 0.318 e. The number of piperidine rings is 1. The van der Waals surface area contributed by atoms with Gasteiger partial charge in [0.2, 0.25) is 5.89 Å². The molecule has 5 heterocycles. The Morgan fingerprint density at radius 3 is 2.81 bits per heavy atom. The van der Waals surface area contributed by atoms with Gasteiger partial charge in [0, 0.05) is 56.0 Å². The van der Waals surface area contributed by atoms with Crippen LogP contribution in [0.1, 0.15) is 12.8 Å². The Bertz CT molecular complexity index is 910. The maximum absolute atomic E-state index is 9.24. The van der Waals surface area contributed by atoms with Gasteiger partial charge in [0.1, 0.15) is 0 Å². The number of aromatic nitrogens is 3. The van der Waals surface area contributed by atoms with Crippen molar-refractivity contribution in [2.75, 3.05) is 37.7 Å². The predicted octanol–water partition coefficient (Wildman–Crippen LogP) is 1.97. The number of anilines is 1. The molecule has 0 radical (unpaired) electrons. The molecule has 3 saturated heterocycles. The minimum absolute atomic E-state index is 0.117. The van der Waals surface area contributed by atoms with Crippen molar-refractivity contribution < 1.29 is 9.52 Å². The highest BCUT2D eigenvalue weighted by Gasteiger charge is 2.31. The second kappa shape index (κ2) is 6.41. The van der Waals surface area contributed by atoms with Crippen LogP contribution in [0.25, 0.3) is 22.4 Å². The molecule has 0 amide bonds. The first kappa shape index (κ1) is 15.8. The molecule has 1 aromatic carbocycles. The molecule has 26 heavy (non-hydrogen) atoms. The number of hydrogen-bond donors (Lipinski definition) is 1. The fourth-order valence-electron chi connectivity index (χ4n) is 4.21. The Morgan fingerprint density at radius 1 is 1.08 bits per heavy atom. The number of fused-ring (bicyclic) bond motifs is 5. The smallest absolute Gasteiger partial charge is 0.318 e. The molecule has 0 spiro atoms. The second-order valence-electron chi connectivity index (χ2n) is 7.16. The van der Waals surface area contributed by atoms with E-state index in [-0.39, 0.29) is 6.61 Å². The van der Waals surface area contributed by atoms with Crippen LogP contribution >= 0.6 is 0 Å². The van der Waals surface area contributed by atoms with E-state index < -0.39 is 0 Å². The van der Waals surface area contributed by atoms with Crippen molar-refractivity contribution in [2.45, 2.75) is 25.4 Å². The standard InChI is InChI=1S/C19H23N5O2/c25-12-11-23-8-3-14-1-2-15(13-17(14)23)18-20-21-19(26-18)24-10-9-22-6-4-16(24)5-7-22/h1-3,8,13,16,25H,4-7,9-12H2. The van der Waals surface area contributed by atoms with Crippen molar-refractivity contribution in [3.8, 4) is 11.5 Å². The van der Waals surface area contributed by atoms with Gasteiger partial charge in [-0.1, -0.05) is 11.2 Å². The zero-order chi connectivity index (χ0) is 17.5. The molecule has 7 heteroatoms. The summed E-state index contributed by atoms with van der Waals surface area (Å²) < 4.78 is 8.11. The minimum atomic E-state index is 0.117. The van der Waals surface area contributed by atoms with Crippen LogP contribution in [-0.2, 0) is 6.54 Å². The van der Waals surface area contributed by atoms with Crippen LogP contribution in [0.4, 0.5) is 6.01 Å². The lowest BCUT2D eigenvalue weighted by Gasteiger charge is -2.29. The van der Waals surface area contributed by atoms with Crippen LogP contribution in [0.5, 0.6) is 0 Å². The van der Waals surface area contributed by atoms with E-state index in [9.17, 15) is 5.11 Å². The van der Waals surface area contributed by atoms with Gasteiger partial charge in [-0.25, -0.2) is 0 Å². The number of aliphatic hydroxyl groups excluding tert-OH is 1. The molecule has 136 valence electrons. The zero-order valence-electron chi connectivity index (χ0n) is 14.7. The molecule has 2 aromatic heterocycles. The summed E-state index contributed by atoms with van der Waals surface area (Å²) in [4.78, 5) is 4.80. The Hall–Kier alpha value is -2.38. The number of nitrogens with zero attached hydrogens (tertiary/aromatic N) is 5. The van der Waals surface area contributed by atoms with Gasteiger partial charge in [0.15, 0.2) is 0 Å². The summed E-state index contributed by atoms with van der Waals surface area (Å²) >= 11 is 0. The van der Waals surface area contributed by atoms with Crippen LogP contribution in [0, 0.1) is 0 Å². The average Bonchev–Trinajstić information content (AvgIpc) is 3.21. The zero-order valence-corrected chi connectivity index (χ0v) is 14.7. The van der Waals surface area contributed by atoms with Crippen molar-refractivity contribution in [2.24, 2.45) is 0 Å². The summed E-state index contributed by atoms with van der Waals surface area (Å²) in [5.74, 6) is 0.553. The lowest BCUT2D eigenvalue weighted by Crippen LogP contribution is -2.38. The van der Waals surface area contributed by atoms with E-state index in [1.54, 1.807) is 0 Å². The van der Waals surface area contributed by atoms with E-state index >= 15 is 0 Å². The third-order valence-electron chi connectivity index (χ3n) is 5.68. The number of rotatable bonds is 4. The largest absolute Gasteiger partial charge is 0.403 e. The number of hydrogen-bond acceptors (Lipinski definition) is 6. The molecule has 6 rings (SSSR count). The highest BCUT2D eigenvalue weighted by molar-refractivity contribution is 5.84. The van der Waals surface area contributed by atoms with Crippen molar-refractivity contribution in [3.05, 3.63) is 30.5 Å². The number of benzene rings is 1. The summed E-state index contributed by atoms with van der Waals surface area (Å²) in [5, 5.41) is 19.0. The fourth-order valence-corrected chi connectivity index (χ4v) is 4.21. The van der Waals surface area contributed by atoms with Crippen LogP contribution in [0.15, 0.2) is 34.9 Å². The van der Waals surface area contributed by atoms with E-state index in [4.69, 9.17) is 4.42 Å². The summed E-state index contributed by atoms with van der Waals surface area (Å²) in [6.45, 7) is 5.04. The van der Waals surface area contributed by atoms with Crippen LogP contribution < -0.4 is 4.90 Å². The first-order valence-corrected chi connectivity index (χ1v) is 9.34. The molecule has 2 bridgehead atoms. The van der Waals surface area contributed by atoms with Gasteiger partial charge in [-0.05, 0) is 36.4 Å². The second-order valence-corrected chi connectivity index (χ2v) is 7.16. The summed E-state index contributed by atoms with van der Waals surface area (Å²) in [6.07, 6.45) is 4.32. The van der Waals surface area contributed by atoms with Gasteiger partial charge in [-0.3, -0.25) is 0 Å². The summed E-state index contributed by atoms with van der Waals surface area (Å²) in [5.41, 5.74) is 1.98. The van der Waals surface area contributed by atoms with Crippen LogP contribution in [0.2, 0.25) is 0 Å². The van der Waals surface area contributed by atoms with Gasteiger partial charge >= 0.3 is 6.01 Å². The Balaban J connectivity index is 1.46. The lowest BCUT2D eigenvalue weighted by atomic mass is 10.1. The molecule has 1 N–H and O–H groups in total. The third kappa shape index (κ3) is 2.68. The molecule has 0 atom stereocenters. The SMILES string of the molecule is OCCn1ccc2ccc(-c3nnc(N4CCN5CCC4CC5)o3)cc21. The molecule has 0 aliphatic carbocycles. The molecule has 0 unspecified atom stereocenters. The topological polar surface area (TPSA) is 70.6 Å². The Kier molecular flexibility index (Phi) is 3.90. The van der Waals surface area contributed by atoms with E-state index in [0.717, 1.165) is 29.6 Å². The highest BCUT2D eigenvalue weighted by Crippen LogP contribution is 2.30. The van der Waals surface area contributed by atoms with Crippen molar-refractivity contribution in [1.82, 2.24) is 19.7 Å². The van der Waals surface area contributed by atoms with Crippen LogP contribution in [0.3, 0.4) is 0 Å². The highest BCUT2D eigenvalue weighted by atomic mass is 16.4. The first-order valence-electron chi connectivity index (χ1n) is 9.34. The average molecular weight is 353 g/mol. The van der Waals surface area contributed by atoms with E-state index in [2.05, 4.69) is 38.2 Å². The molecular formula is C19H23N5O2. The lowest BCUT2D eigenvalue weighted by molar-refractivity contribution is 0.249. The maximum atomic E-state index is 9.24. The van der Waals surface area contributed by atoms with E-state index in [1.807, 2.05) is 16.8 Å². The monoisotopic (exact) mass is 353 g/mol. The van der Waals surface area contributed by atoms with Crippen molar-refractivity contribution in [1.29, 1.82) is 0 Å². The Labute approximate surface area is 151 Å². The summed E-state index contributed by atoms with van der Waals surface area (Å²) in [6, 6.07) is 9.33.